The average molecular weight is 202 g/mol. The van der Waals surface area contributed by atoms with Gasteiger partial charge in [-0.1, -0.05) is 0 Å². The van der Waals surface area contributed by atoms with Crippen molar-refractivity contribution in [1.29, 1.82) is 0 Å². The summed E-state index contributed by atoms with van der Waals surface area (Å²) in [6.07, 6.45) is 0.401. The molecule has 0 aliphatic rings. The molecule has 0 saturated heterocycles. The SMILES string of the molecule is CC(=O)O/C=C(/C)C(CO)OC(C)=O. The second-order valence-electron chi connectivity index (χ2n) is 2.75. The molecule has 0 spiro atoms. The Morgan fingerprint density at radius 1 is 1.29 bits per heavy atom. The van der Waals surface area contributed by atoms with Crippen molar-refractivity contribution in [3.8, 4) is 0 Å². The van der Waals surface area contributed by atoms with E-state index < -0.39 is 18.0 Å². The zero-order chi connectivity index (χ0) is 11.1. The van der Waals surface area contributed by atoms with Gasteiger partial charge in [0.1, 0.15) is 6.10 Å². The predicted molar refractivity (Wildman–Crippen MR) is 48.2 cm³/mol. The number of hydrogen-bond acceptors (Lipinski definition) is 5. The number of aliphatic hydroxyl groups excluding tert-OH is 1. The smallest absolute Gasteiger partial charge is 0.307 e. The maximum Gasteiger partial charge on any atom is 0.307 e. The third-order valence-electron chi connectivity index (χ3n) is 1.39. The quantitative estimate of drug-likeness (QED) is 0.527. The van der Waals surface area contributed by atoms with Crippen molar-refractivity contribution in [2.45, 2.75) is 26.9 Å². The molecular weight excluding hydrogens is 188 g/mol. The normalized spacial score (nSPS) is 13.3. The van der Waals surface area contributed by atoms with Gasteiger partial charge in [0.15, 0.2) is 0 Å². The van der Waals surface area contributed by atoms with E-state index in [1.165, 1.54) is 13.8 Å². The van der Waals surface area contributed by atoms with Gasteiger partial charge >= 0.3 is 11.9 Å². The van der Waals surface area contributed by atoms with Crippen LogP contribution >= 0.6 is 0 Å². The lowest BCUT2D eigenvalue weighted by Gasteiger charge is -2.14. The van der Waals surface area contributed by atoms with E-state index in [4.69, 9.17) is 9.84 Å². The molecule has 0 radical (unpaired) electrons. The van der Waals surface area contributed by atoms with E-state index in [-0.39, 0.29) is 6.61 Å². The van der Waals surface area contributed by atoms with Crippen LogP contribution in [0.4, 0.5) is 0 Å². The van der Waals surface area contributed by atoms with Gasteiger partial charge in [0.25, 0.3) is 0 Å². The summed E-state index contributed by atoms with van der Waals surface area (Å²) in [6.45, 7) is 3.74. The monoisotopic (exact) mass is 202 g/mol. The van der Waals surface area contributed by atoms with Crippen molar-refractivity contribution >= 4 is 11.9 Å². The first-order valence-electron chi connectivity index (χ1n) is 4.09. The minimum absolute atomic E-state index is 0.344. The lowest BCUT2D eigenvalue weighted by atomic mass is 10.2. The van der Waals surface area contributed by atoms with Crippen LogP contribution in [-0.4, -0.2) is 29.8 Å². The van der Waals surface area contributed by atoms with Crippen molar-refractivity contribution in [2.75, 3.05) is 6.61 Å². The third kappa shape index (κ3) is 5.31. The molecule has 0 aliphatic carbocycles. The summed E-state index contributed by atoms with van der Waals surface area (Å²) in [5.41, 5.74) is 0.470. The lowest BCUT2D eigenvalue weighted by molar-refractivity contribution is -0.146. The van der Waals surface area contributed by atoms with Crippen LogP contribution in [0.2, 0.25) is 0 Å². The van der Waals surface area contributed by atoms with Gasteiger partial charge in [0.2, 0.25) is 0 Å². The number of hydrogen-bond donors (Lipinski definition) is 1. The fourth-order valence-electron chi connectivity index (χ4n) is 0.726. The van der Waals surface area contributed by atoms with Crippen LogP contribution in [0.3, 0.4) is 0 Å². The van der Waals surface area contributed by atoms with Crippen LogP contribution in [0.1, 0.15) is 20.8 Å². The molecule has 0 aromatic carbocycles. The standard InChI is InChI=1S/C9H14O5/c1-6(5-13-7(2)11)9(4-10)14-8(3)12/h5,9-10H,4H2,1-3H3/b6-5-. The Morgan fingerprint density at radius 2 is 1.86 bits per heavy atom. The highest BCUT2D eigenvalue weighted by molar-refractivity contribution is 5.67. The molecule has 1 N–H and O–H groups in total. The number of aliphatic hydroxyl groups is 1. The first kappa shape index (κ1) is 12.6. The van der Waals surface area contributed by atoms with Crippen LogP contribution in [0, 0.1) is 0 Å². The summed E-state index contributed by atoms with van der Waals surface area (Å²) in [7, 11) is 0. The van der Waals surface area contributed by atoms with E-state index in [0.717, 1.165) is 6.26 Å². The van der Waals surface area contributed by atoms with Gasteiger partial charge in [-0.05, 0) is 6.92 Å². The molecule has 0 aromatic heterocycles. The summed E-state index contributed by atoms with van der Waals surface area (Å²) >= 11 is 0. The molecule has 0 bridgehead atoms. The van der Waals surface area contributed by atoms with Crippen LogP contribution in [-0.2, 0) is 19.1 Å². The van der Waals surface area contributed by atoms with Gasteiger partial charge in [-0.25, -0.2) is 0 Å². The summed E-state index contributed by atoms with van der Waals surface area (Å²) in [5, 5.41) is 8.85. The molecule has 5 nitrogen and oxygen atoms in total. The highest BCUT2D eigenvalue weighted by atomic mass is 16.6. The summed E-state index contributed by atoms with van der Waals surface area (Å²) < 4.78 is 9.31. The first-order chi connectivity index (χ1) is 6.47. The number of carbonyl (C=O) groups is 2. The largest absolute Gasteiger partial charge is 0.455 e. The van der Waals surface area contributed by atoms with Gasteiger partial charge in [-0.15, -0.1) is 0 Å². The van der Waals surface area contributed by atoms with E-state index in [0.29, 0.717) is 5.57 Å². The highest BCUT2D eigenvalue weighted by Gasteiger charge is 2.13. The van der Waals surface area contributed by atoms with E-state index in [2.05, 4.69) is 4.74 Å². The minimum atomic E-state index is -0.758. The summed E-state index contributed by atoms with van der Waals surface area (Å²) in [5.74, 6) is -0.969. The van der Waals surface area contributed by atoms with Gasteiger partial charge in [0.05, 0.1) is 12.9 Å². The predicted octanol–water partition coefficient (Wildman–Crippen LogP) is 0.377. The molecule has 0 rings (SSSR count). The zero-order valence-corrected chi connectivity index (χ0v) is 8.44. The van der Waals surface area contributed by atoms with Gasteiger partial charge in [-0.3, -0.25) is 9.59 Å². The van der Waals surface area contributed by atoms with Gasteiger partial charge in [-0.2, -0.15) is 0 Å². The summed E-state index contributed by atoms with van der Waals surface area (Å²) in [4.78, 5) is 21.0. The molecule has 0 aromatic rings. The maximum absolute atomic E-state index is 10.6. The lowest BCUT2D eigenvalue weighted by Crippen LogP contribution is -2.22. The van der Waals surface area contributed by atoms with Crippen molar-refractivity contribution in [1.82, 2.24) is 0 Å². The average Bonchev–Trinajstić information content (AvgIpc) is 2.09. The Bertz CT molecular complexity index is 244. The van der Waals surface area contributed by atoms with Crippen molar-refractivity contribution < 1.29 is 24.2 Å². The molecule has 0 saturated carbocycles. The Hall–Kier alpha value is -1.36. The second-order valence-corrected chi connectivity index (χ2v) is 2.75. The molecule has 0 amide bonds. The number of carbonyl (C=O) groups excluding carboxylic acids is 2. The van der Waals surface area contributed by atoms with Gasteiger partial charge < -0.3 is 14.6 Å². The van der Waals surface area contributed by atoms with Crippen LogP contribution in [0.15, 0.2) is 11.8 Å². The topological polar surface area (TPSA) is 72.8 Å². The molecule has 0 aliphatic heterocycles. The van der Waals surface area contributed by atoms with E-state index in [9.17, 15) is 9.59 Å². The van der Waals surface area contributed by atoms with Crippen LogP contribution in [0.25, 0.3) is 0 Å². The molecule has 0 fully saturated rings. The molecule has 1 atom stereocenters. The third-order valence-corrected chi connectivity index (χ3v) is 1.39. The molecular formula is C9H14O5. The van der Waals surface area contributed by atoms with E-state index in [1.54, 1.807) is 6.92 Å². The number of ether oxygens (including phenoxy) is 2. The molecule has 80 valence electrons. The van der Waals surface area contributed by atoms with Crippen molar-refractivity contribution in [3.05, 3.63) is 11.8 Å². The first-order valence-corrected chi connectivity index (χ1v) is 4.09. The van der Waals surface area contributed by atoms with Crippen LogP contribution in [0.5, 0.6) is 0 Å². The van der Waals surface area contributed by atoms with E-state index >= 15 is 0 Å². The van der Waals surface area contributed by atoms with E-state index in [1.807, 2.05) is 0 Å². The fraction of sp³-hybridized carbons (Fsp3) is 0.556. The minimum Gasteiger partial charge on any atom is -0.455 e. The molecule has 1 unspecified atom stereocenters. The van der Waals surface area contributed by atoms with Crippen molar-refractivity contribution in [3.63, 3.8) is 0 Å². The number of rotatable bonds is 4. The maximum atomic E-state index is 10.6. The Morgan fingerprint density at radius 3 is 2.21 bits per heavy atom. The van der Waals surface area contributed by atoms with Crippen molar-refractivity contribution in [2.24, 2.45) is 0 Å². The Balaban J connectivity index is 4.28. The highest BCUT2D eigenvalue weighted by Crippen LogP contribution is 2.06. The molecule has 5 heteroatoms. The Labute approximate surface area is 82.3 Å². The summed E-state index contributed by atoms with van der Waals surface area (Å²) in [6, 6.07) is 0. The second kappa shape index (κ2) is 6.15. The van der Waals surface area contributed by atoms with Gasteiger partial charge in [0, 0.05) is 19.4 Å². The molecule has 14 heavy (non-hydrogen) atoms. The van der Waals surface area contributed by atoms with Crippen LogP contribution < -0.4 is 0 Å². The number of esters is 2. The Kier molecular flexibility index (Phi) is 5.55. The fourth-order valence-corrected chi connectivity index (χ4v) is 0.726. The molecule has 0 heterocycles. The zero-order valence-electron chi connectivity index (χ0n) is 8.44.